The lowest BCUT2D eigenvalue weighted by molar-refractivity contribution is -0.150. The number of benzene rings is 1. The lowest BCUT2D eigenvalue weighted by Crippen LogP contribution is -2.42. The van der Waals surface area contributed by atoms with Gasteiger partial charge in [-0.15, -0.1) is 0 Å². The summed E-state index contributed by atoms with van der Waals surface area (Å²) in [5.74, 6) is -0.527. The highest BCUT2D eigenvalue weighted by atomic mass is 16.6. The molecule has 2 N–H and O–H groups in total. The summed E-state index contributed by atoms with van der Waals surface area (Å²) >= 11 is 0. The largest absolute Gasteiger partial charge is 0.482 e. The molecule has 0 bridgehead atoms. The lowest BCUT2D eigenvalue weighted by Gasteiger charge is -2.10. The molecule has 1 rings (SSSR count). The third kappa shape index (κ3) is 7.62. The van der Waals surface area contributed by atoms with Crippen LogP contribution >= 0.6 is 0 Å². The summed E-state index contributed by atoms with van der Waals surface area (Å²) in [4.78, 5) is 34.5. The van der Waals surface area contributed by atoms with Crippen LogP contribution in [-0.2, 0) is 14.3 Å². The fourth-order valence-electron chi connectivity index (χ4n) is 1.69. The molecule has 7 heteroatoms. The number of rotatable bonds is 7. The lowest BCUT2D eigenvalue weighted by atomic mass is 10.1. The van der Waals surface area contributed by atoms with Crippen molar-refractivity contribution >= 4 is 17.9 Å². The van der Waals surface area contributed by atoms with Crippen LogP contribution in [0.25, 0.3) is 0 Å². The first-order chi connectivity index (χ1) is 11.3. The van der Waals surface area contributed by atoms with Crippen LogP contribution in [-0.4, -0.2) is 37.7 Å². The molecular weight excluding hydrogens is 312 g/mol. The molecule has 7 nitrogen and oxygen atoms in total. The van der Waals surface area contributed by atoms with Crippen molar-refractivity contribution in [2.24, 2.45) is 5.92 Å². The zero-order valence-electron chi connectivity index (χ0n) is 14.5. The highest BCUT2D eigenvalue weighted by Crippen LogP contribution is 2.18. The van der Waals surface area contributed by atoms with Gasteiger partial charge in [0.1, 0.15) is 5.75 Å². The molecule has 0 aliphatic heterocycles. The number of carbonyl (C=O) groups excluding carboxylic acids is 3. The highest BCUT2D eigenvalue weighted by molar-refractivity contribution is 5.95. The van der Waals surface area contributed by atoms with Gasteiger partial charge in [-0.1, -0.05) is 26.0 Å². The van der Waals surface area contributed by atoms with E-state index in [1.807, 2.05) is 45.9 Å². The van der Waals surface area contributed by atoms with Crippen LogP contribution < -0.4 is 15.4 Å². The number of hydrogen-bond acceptors (Lipinski definition) is 5. The molecule has 0 heterocycles. The standard InChI is InChI=1S/C17H24N2O5/c1-11(2)8-18-17(22)19-15(20)9-24-16(21)10-23-14-7-12(3)5-6-13(14)4/h5-7,11H,8-10H2,1-4H3,(H2,18,19,20,22). The Balaban J connectivity index is 2.29. The van der Waals surface area contributed by atoms with Crippen molar-refractivity contribution < 1.29 is 23.9 Å². The SMILES string of the molecule is Cc1ccc(C)c(OCC(=O)OCC(=O)NC(=O)NCC(C)C)c1. The maximum atomic E-state index is 11.6. The molecule has 0 saturated heterocycles. The van der Waals surface area contributed by atoms with Gasteiger partial charge in [-0.2, -0.15) is 0 Å². The van der Waals surface area contributed by atoms with Crippen molar-refractivity contribution in [2.75, 3.05) is 19.8 Å². The van der Waals surface area contributed by atoms with Gasteiger partial charge in [-0.3, -0.25) is 10.1 Å². The van der Waals surface area contributed by atoms with E-state index in [-0.39, 0.29) is 12.5 Å². The van der Waals surface area contributed by atoms with Crippen LogP contribution in [0.3, 0.4) is 0 Å². The minimum Gasteiger partial charge on any atom is -0.482 e. The van der Waals surface area contributed by atoms with E-state index in [1.54, 1.807) is 0 Å². The molecule has 24 heavy (non-hydrogen) atoms. The van der Waals surface area contributed by atoms with E-state index < -0.39 is 24.5 Å². The Bertz CT molecular complexity index is 599. The maximum Gasteiger partial charge on any atom is 0.344 e. The van der Waals surface area contributed by atoms with Crippen LogP contribution in [0.1, 0.15) is 25.0 Å². The Labute approximate surface area is 141 Å². The summed E-state index contributed by atoms with van der Waals surface area (Å²) in [6.07, 6.45) is 0. The van der Waals surface area contributed by atoms with Crippen molar-refractivity contribution in [3.05, 3.63) is 29.3 Å². The van der Waals surface area contributed by atoms with Gasteiger partial charge in [0, 0.05) is 6.54 Å². The van der Waals surface area contributed by atoms with Gasteiger partial charge in [0.15, 0.2) is 13.2 Å². The fourth-order valence-corrected chi connectivity index (χ4v) is 1.69. The Morgan fingerprint density at radius 3 is 2.50 bits per heavy atom. The predicted molar refractivity (Wildman–Crippen MR) is 88.7 cm³/mol. The van der Waals surface area contributed by atoms with Gasteiger partial charge in [-0.25, -0.2) is 9.59 Å². The minimum absolute atomic E-state index is 0.269. The quantitative estimate of drug-likeness (QED) is 0.739. The van der Waals surface area contributed by atoms with Crippen LogP contribution in [0.5, 0.6) is 5.75 Å². The van der Waals surface area contributed by atoms with Crippen molar-refractivity contribution in [1.29, 1.82) is 0 Å². The molecule has 0 atom stereocenters. The third-order valence-corrected chi connectivity index (χ3v) is 2.98. The van der Waals surface area contributed by atoms with Crippen LogP contribution in [0.2, 0.25) is 0 Å². The second kappa shape index (κ2) is 9.54. The molecule has 0 aliphatic carbocycles. The molecule has 0 aliphatic rings. The van der Waals surface area contributed by atoms with Gasteiger partial charge >= 0.3 is 12.0 Å². The number of imide groups is 1. The summed E-state index contributed by atoms with van der Waals surface area (Å²) < 4.78 is 10.1. The van der Waals surface area contributed by atoms with Gasteiger partial charge in [0.2, 0.25) is 0 Å². The second-order valence-electron chi connectivity index (χ2n) is 5.87. The topological polar surface area (TPSA) is 93.7 Å². The summed E-state index contributed by atoms with van der Waals surface area (Å²) in [5.41, 5.74) is 1.91. The predicted octanol–water partition coefficient (Wildman–Crippen LogP) is 1.71. The van der Waals surface area contributed by atoms with E-state index in [9.17, 15) is 14.4 Å². The molecule has 0 fully saturated rings. The Kier molecular flexibility index (Phi) is 7.74. The van der Waals surface area contributed by atoms with E-state index in [4.69, 9.17) is 9.47 Å². The number of urea groups is 1. The van der Waals surface area contributed by atoms with Crippen molar-refractivity contribution in [3.8, 4) is 5.75 Å². The van der Waals surface area contributed by atoms with Crippen LogP contribution in [0, 0.1) is 19.8 Å². The first-order valence-electron chi connectivity index (χ1n) is 7.71. The summed E-state index contributed by atoms with van der Waals surface area (Å²) in [6, 6.07) is 5.03. The highest BCUT2D eigenvalue weighted by Gasteiger charge is 2.12. The number of hydrogen-bond donors (Lipinski definition) is 2. The maximum absolute atomic E-state index is 11.6. The van der Waals surface area contributed by atoms with Gasteiger partial charge in [-0.05, 0) is 37.0 Å². The third-order valence-electron chi connectivity index (χ3n) is 2.98. The number of nitrogens with one attached hydrogen (secondary N) is 2. The molecule has 0 saturated carbocycles. The second-order valence-corrected chi connectivity index (χ2v) is 5.87. The Hall–Kier alpha value is -2.57. The summed E-state index contributed by atoms with van der Waals surface area (Å²) in [5, 5.41) is 4.60. The number of amides is 3. The first kappa shape index (κ1) is 19.5. The molecule has 0 unspecified atom stereocenters. The van der Waals surface area contributed by atoms with E-state index in [0.717, 1.165) is 11.1 Å². The minimum atomic E-state index is -0.698. The van der Waals surface area contributed by atoms with E-state index in [2.05, 4.69) is 10.6 Å². The van der Waals surface area contributed by atoms with Crippen molar-refractivity contribution in [1.82, 2.24) is 10.6 Å². The zero-order valence-corrected chi connectivity index (χ0v) is 14.5. The number of aryl methyl sites for hydroxylation is 2. The zero-order chi connectivity index (χ0) is 18.1. The molecule has 1 aromatic rings. The number of ether oxygens (including phenoxy) is 2. The Morgan fingerprint density at radius 2 is 1.83 bits per heavy atom. The smallest absolute Gasteiger partial charge is 0.344 e. The summed E-state index contributed by atoms with van der Waals surface area (Å²) in [7, 11) is 0. The van der Waals surface area contributed by atoms with Crippen molar-refractivity contribution in [2.45, 2.75) is 27.7 Å². The molecule has 0 aromatic heterocycles. The average molecular weight is 336 g/mol. The van der Waals surface area contributed by atoms with E-state index in [0.29, 0.717) is 12.3 Å². The molecule has 0 spiro atoms. The monoisotopic (exact) mass is 336 g/mol. The summed E-state index contributed by atoms with van der Waals surface area (Å²) in [6.45, 7) is 7.24. The number of esters is 1. The first-order valence-corrected chi connectivity index (χ1v) is 7.71. The fraction of sp³-hybridized carbons (Fsp3) is 0.471. The normalized spacial score (nSPS) is 10.2. The average Bonchev–Trinajstić information content (AvgIpc) is 2.51. The van der Waals surface area contributed by atoms with Gasteiger partial charge in [0.05, 0.1) is 0 Å². The molecular formula is C17H24N2O5. The van der Waals surface area contributed by atoms with Gasteiger partial charge < -0.3 is 14.8 Å². The Morgan fingerprint density at radius 1 is 1.12 bits per heavy atom. The molecule has 1 aromatic carbocycles. The van der Waals surface area contributed by atoms with E-state index in [1.165, 1.54) is 0 Å². The van der Waals surface area contributed by atoms with Crippen LogP contribution in [0.4, 0.5) is 4.79 Å². The van der Waals surface area contributed by atoms with Crippen molar-refractivity contribution in [3.63, 3.8) is 0 Å². The molecule has 0 radical (unpaired) electrons. The van der Waals surface area contributed by atoms with Crippen LogP contribution in [0.15, 0.2) is 18.2 Å². The molecule has 132 valence electrons. The van der Waals surface area contributed by atoms with E-state index >= 15 is 0 Å². The number of carbonyl (C=O) groups is 3. The van der Waals surface area contributed by atoms with Gasteiger partial charge in [0.25, 0.3) is 5.91 Å². The molecule has 3 amide bonds.